The molecule has 9 heavy (non-hydrogen) atoms. The van der Waals surface area contributed by atoms with Gasteiger partial charge in [-0.05, 0) is 25.8 Å². The van der Waals surface area contributed by atoms with Crippen LogP contribution in [-0.2, 0) is 0 Å². The molecule has 1 saturated heterocycles. The first-order chi connectivity index (χ1) is 4.37. The highest BCUT2D eigenvalue weighted by Gasteiger charge is 2.55. The van der Waals surface area contributed by atoms with Crippen LogP contribution in [-0.4, -0.2) is 12.6 Å². The van der Waals surface area contributed by atoms with Gasteiger partial charge < -0.3 is 5.32 Å². The first-order valence-corrected chi connectivity index (χ1v) is 3.52. The second kappa shape index (κ2) is 1.48. The minimum Gasteiger partial charge on any atom is -0.312 e. The van der Waals surface area contributed by atoms with Gasteiger partial charge in [0.1, 0.15) is 0 Å². The zero-order valence-corrected chi connectivity index (χ0v) is 5.35. The molecular weight excluding hydrogens is 112 g/mol. The van der Waals surface area contributed by atoms with E-state index in [2.05, 4.69) is 11.4 Å². The molecular formula is C7H10N2. The lowest BCUT2D eigenvalue weighted by Crippen LogP contribution is -2.28. The number of fused-ring (bicyclic) bond motifs is 1. The van der Waals surface area contributed by atoms with Gasteiger partial charge in [-0.25, -0.2) is 0 Å². The number of nitrogens with zero attached hydrogens (tertiary/aromatic N) is 1. The van der Waals surface area contributed by atoms with Gasteiger partial charge in [-0.3, -0.25) is 0 Å². The Balaban J connectivity index is 2.11. The Hall–Kier alpha value is -0.550. The van der Waals surface area contributed by atoms with E-state index in [9.17, 15) is 0 Å². The van der Waals surface area contributed by atoms with E-state index < -0.39 is 0 Å². The van der Waals surface area contributed by atoms with Crippen molar-refractivity contribution in [2.75, 3.05) is 6.54 Å². The van der Waals surface area contributed by atoms with Crippen molar-refractivity contribution >= 4 is 0 Å². The number of rotatable bonds is 0. The molecule has 2 aliphatic rings. The zero-order valence-electron chi connectivity index (χ0n) is 5.35. The van der Waals surface area contributed by atoms with Crippen LogP contribution in [0.25, 0.3) is 0 Å². The molecule has 0 aromatic rings. The third kappa shape index (κ3) is 0.585. The summed E-state index contributed by atoms with van der Waals surface area (Å²) in [6.07, 6.45) is 3.41. The maximum absolute atomic E-state index is 8.70. The summed E-state index contributed by atoms with van der Waals surface area (Å²) in [4.78, 5) is 0. The highest BCUT2D eigenvalue weighted by atomic mass is 15.0. The smallest absolute Gasteiger partial charge is 0.0743 e. The maximum atomic E-state index is 8.70. The topological polar surface area (TPSA) is 35.8 Å². The van der Waals surface area contributed by atoms with Crippen LogP contribution in [0.2, 0.25) is 0 Å². The van der Waals surface area contributed by atoms with Crippen molar-refractivity contribution in [3.63, 3.8) is 0 Å². The molecule has 1 saturated carbocycles. The minimum absolute atomic E-state index is 0.0816. The standard InChI is InChI=1S/C7H10N2/c8-5-7-2-1-3-9-6(7)4-7/h6,9H,1-4H2. The molecule has 48 valence electrons. The van der Waals surface area contributed by atoms with Crippen LogP contribution in [0.15, 0.2) is 0 Å². The molecule has 2 nitrogen and oxygen atoms in total. The van der Waals surface area contributed by atoms with E-state index in [1.54, 1.807) is 0 Å². The van der Waals surface area contributed by atoms with Gasteiger partial charge in [-0.2, -0.15) is 5.26 Å². The van der Waals surface area contributed by atoms with E-state index in [4.69, 9.17) is 5.26 Å². The summed E-state index contributed by atoms with van der Waals surface area (Å²) in [6, 6.07) is 2.94. The Bertz CT molecular complexity index is 170. The van der Waals surface area contributed by atoms with E-state index in [1.165, 1.54) is 6.42 Å². The summed E-state index contributed by atoms with van der Waals surface area (Å²) in [5, 5.41) is 12.0. The van der Waals surface area contributed by atoms with E-state index >= 15 is 0 Å². The monoisotopic (exact) mass is 122 g/mol. The number of piperidine rings is 1. The van der Waals surface area contributed by atoms with Gasteiger partial charge in [0, 0.05) is 6.04 Å². The molecule has 1 aliphatic heterocycles. The van der Waals surface area contributed by atoms with E-state index in [0.29, 0.717) is 6.04 Å². The molecule has 0 radical (unpaired) electrons. The van der Waals surface area contributed by atoms with Crippen LogP contribution < -0.4 is 5.32 Å². The van der Waals surface area contributed by atoms with E-state index in [0.717, 1.165) is 19.4 Å². The number of nitriles is 1. The highest BCUT2D eigenvalue weighted by molar-refractivity contribution is 5.21. The second-order valence-corrected chi connectivity index (χ2v) is 3.08. The Morgan fingerprint density at radius 2 is 2.56 bits per heavy atom. The van der Waals surface area contributed by atoms with E-state index in [-0.39, 0.29) is 5.41 Å². The van der Waals surface area contributed by atoms with Crippen molar-refractivity contribution < 1.29 is 0 Å². The fourth-order valence-electron chi connectivity index (χ4n) is 1.71. The highest BCUT2D eigenvalue weighted by Crippen LogP contribution is 2.50. The quantitative estimate of drug-likeness (QED) is 0.512. The van der Waals surface area contributed by atoms with Crippen molar-refractivity contribution in [2.45, 2.75) is 25.3 Å². The number of nitrogens with one attached hydrogen (secondary N) is 1. The van der Waals surface area contributed by atoms with Crippen LogP contribution in [0, 0.1) is 16.7 Å². The van der Waals surface area contributed by atoms with Crippen LogP contribution >= 0.6 is 0 Å². The summed E-state index contributed by atoms with van der Waals surface area (Å²) in [6.45, 7) is 1.12. The summed E-state index contributed by atoms with van der Waals surface area (Å²) in [5.74, 6) is 0. The molecule has 2 fully saturated rings. The summed E-state index contributed by atoms with van der Waals surface area (Å²) >= 11 is 0. The van der Waals surface area contributed by atoms with Crippen LogP contribution in [0.5, 0.6) is 0 Å². The third-order valence-corrected chi connectivity index (χ3v) is 2.49. The lowest BCUT2D eigenvalue weighted by Gasteiger charge is -2.14. The normalized spacial score (nSPS) is 47.2. The lowest BCUT2D eigenvalue weighted by atomic mass is 9.99. The first-order valence-electron chi connectivity index (χ1n) is 3.52. The SMILES string of the molecule is N#CC12CCCNC1C2. The Morgan fingerprint density at radius 3 is 3.11 bits per heavy atom. The molecule has 1 N–H and O–H groups in total. The molecule has 2 heteroatoms. The Morgan fingerprint density at radius 1 is 1.67 bits per heavy atom. The Kier molecular flexibility index (Phi) is 0.866. The molecule has 0 amide bonds. The first kappa shape index (κ1) is 5.25. The largest absolute Gasteiger partial charge is 0.312 e. The lowest BCUT2D eigenvalue weighted by molar-refractivity contribution is 0.437. The summed E-state index contributed by atoms with van der Waals surface area (Å²) in [7, 11) is 0. The molecule has 0 aromatic carbocycles. The molecule has 2 atom stereocenters. The van der Waals surface area contributed by atoms with Crippen molar-refractivity contribution in [3.8, 4) is 6.07 Å². The van der Waals surface area contributed by atoms with Gasteiger partial charge >= 0.3 is 0 Å². The van der Waals surface area contributed by atoms with E-state index in [1.807, 2.05) is 0 Å². The van der Waals surface area contributed by atoms with Crippen molar-refractivity contribution in [2.24, 2.45) is 5.41 Å². The third-order valence-electron chi connectivity index (χ3n) is 2.49. The predicted molar refractivity (Wildman–Crippen MR) is 33.7 cm³/mol. The summed E-state index contributed by atoms with van der Waals surface area (Å²) < 4.78 is 0. The van der Waals surface area contributed by atoms with Crippen LogP contribution in [0.3, 0.4) is 0 Å². The molecule has 0 bridgehead atoms. The molecule has 0 spiro atoms. The molecule has 1 aliphatic carbocycles. The zero-order chi connectivity index (χ0) is 6.32. The van der Waals surface area contributed by atoms with Gasteiger partial charge in [0.15, 0.2) is 0 Å². The average Bonchev–Trinajstić information content (AvgIpc) is 2.62. The van der Waals surface area contributed by atoms with Crippen LogP contribution in [0.4, 0.5) is 0 Å². The van der Waals surface area contributed by atoms with Crippen molar-refractivity contribution in [3.05, 3.63) is 0 Å². The second-order valence-electron chi connectivity index (χ2n) is 3.08. The molecule has 2 unspecified atom stereocenters. The maximum Gasteiger partial charge on any atom is 0.0743 e. The number of hydrogen-bond acceptors (Lipinski definition) is 2. The van der Waals surface area contributed by atoms with Crippen molar-refractivity contribution in [1.82, 2.24) is 5.32 Å². The fourth-order valence-corrected chi connectivity index (χ4v) is 1.71. The van der Waals surface area contributed by atoms with Gasteiger partial charge in [0.25, 0.3) is 0 Å². The predicted octanol–water partition coefficient (Wildman–Crippen LogP) is 0.652. The van der Waals surface area contributed by atoms with Crippen LogP contribution in [0.1, 0.15) is 19.3 Å². The molecule has 0 aromatic heterocycles. The Labute approximate surface area is 54.9 Å². The fraction of sp³-hybridized carbons (Fsp3) is 0.857. The molecule has 1 heterocycles. The molecule has 2 rings (SSSR count). The van der Waals surface area contributed by atoms with Gasteiger partial charge in [0.05, 0.1) is 11.5 Å². The van der Waals surface area contributed by atoms with Gasteiger partial charge in [0.2, 0.25) is 0 Å². The van der Waals surface area contributed by atoms with Gasteiger partial charge in [-0.15, -0.1) is 0 Å². The minimum atomic E-state index is 0.0816. The summed E-state index contributed by atoms with van der Waals surface area (Å²) in [5.41, 5.74) is 0.0816. The number of hydrogen-bond donors (Lipinski definition) is 1. The van der Waals surface area contributed by atoms with Crippen molar-refractivity contribution in [1.29, 1.82) is 5.26 Å². The van der Waals surface area contributed by atoms with Gasteiger partial charge in [-0.1, -0.05) is 0 Å². The average molecular weight is 122 g/mol.